The van der Waals surface area contributed by atoms with Gasteiger partial charge in [0.1, 0.15) is 5.75 Å². The van der Waals surface area contributed by atoms with Crippen molar-refractivity contribution in [3.8, 4) is 17.1 Å². The number of carbonyl (C=O) groups excluding carboxylic acids is 1. The molecule has 0 atom stereocenters. The highest BCUT2D eigenvalue weighted by atomic mass is 19.4. The van der Waals surface area contributed by atoms with Gasteiger partial charge in [0.15, 0.2) is 5.82 Å². The molecule has 1 fully saturated rings. The van der Waals surface area contributed by atoms with E-state index in [9.17, 15) is 31.1 Å². The van der Waals surface area contributed by atoms with Gasteiger partial charge >= 0.3 is 12.4 Å². The Morgan fingerprint density at radius 3 is 2.15 bits per heavy atom. The lowest BCUT2D eigenvalue weighted by molar-refractivity contribution is -0.139. The summed E-state index contributed by atoms with van der Waals surface area (Å²) in [4.78, 5) is 25.6. The van der Waals surface area contributed by atoms with Crippen molar-refractivity contribution in [1.29, 1.82) is 0 Å². The van der Waals surface area contributed by atoms with Crippen LogP contribution in [-0.4, -0.2) is 41.1 Å². The summed E-state index contributed by atoms with van der Waals surface area (Å²) in [6.45, 7) is -0.264. The number of halogens is 6. The fourth-order valence-corrected chi connectivity index (χ4v) is 4.60. The monoisotopic (exact) mass is 582 g/mol. The number of amides is 1. The number of nitrogens with one attached hydrogen (secondary N) is 3. The van der Waals surface area contributed by atoms with Crippen molar-refractivity contribution in [2.45, 2.75) is 50.6 Å². The zero-order chi connectivity index (χ0) is 29.8. The number of hydrogen-bond acceptors (Lipinski definition) is 7. The predicted molar refractivity (Wildman–Crippen MR) is 139 cm³/mol. The predicted octanol–water partition coefficient (Wildman–Crippen LogP) is 5.91. The molecule has 41 heavy (non-hydrogen) atoms. The number of benzene rings is 2. The van der Waals surface area contributed by atoms with Crippen LogP contribution in [0, 0.1) is 5.92 Å². The van der Waals surface area contributed by atoms with Gasteiger partial charge < -0.3 is 20.7 Å². The van der Waals surface area contributed by atoms with E-state index in [2.05, 4.69) is 30.9 Å². The van der Waals surface area contributed by atoms with Crippen LogP contribution in [0.25, 0.3) is 11.4 Å². The van der Waals surface area contributed by atoms with Crippen LogP contribution in [-0.2, 0) is 23.7 Å². The maximum absolute atomic E-state index is 13.5. The number of methoxy groups -OCH3 is 1. The van der Waals surface area contributed by atoms with Gasteiger partial charge in [0, 0.05) is 31.1 Å². The molecule has 0 saturated heterocycles. The van der Waals surface area contributed by atoms with Crippen molar-refractivity contribution in [3.05, 3.63) is 59.2 Å². The standard InChI is InChI=1S/C27H28F6N6O2/c1-34-24-37-22(15-3-8-18(9-4-15)26(28,29)30)38-25(39-24)36-19-10-5-16(6-11-19)23(40)35-14-17-7-12-20(41-2)13-21(17)27(31,32)33/h3-4,7-9,12-13,16,19H,5-6,10-11,14H2,1-2H3,(H,35,40)(H2,34,36,37,38,39). The van der Waals surface area contributed by atoms with Crippen LogP contribution in [0.1, 0.15) is 42.4 Å². The minimum Gasteiger partial charge on any atom is -0.497 e. The third kappa shape index (κ3) is 7.55. The summed E-state index contributed by atoms with van der Waals surface area (Å²) in [7, 11) is 2.88. The molecule has 0 unspecified atom stereocenters. The molecular formula is C27H28F6N6O2. The Balaban J connectivity index is 1.36. The molecule has 2 aromatic carbocycles. The van der Waals surface area contributed by atoms with E-state index in [-0.39, 0.29) is 53.4 Å². The maximum Gasteiger partial charge on any atom is 0.416 e. The Kier molecular flexibility index (Phi) is 8.88. The molecule has 1 saturated carbocycles. The normalized spacial score (nSPS) is 17.6. The molecular weight excluding hydrogens is 554 g/mol. The van der Waals surface area contributed by atoms with Crippen LogP contribution in [0.15, 0.2) is 42.5 Å². The Morgan fingerprint density at radius 1 is 0.902 bits per heavy atom. The Labute approximate surface area is 231 Å². The SMILES string of the molecule is CNc1nc(NC2CCC(C(=O)NCc3ccc(OC)cc3C(F)(F)F)CC2)nc(-c2ccc(C(F)(F)F)cc2)n1. The van der Waals surface area contributed by atoms with Crippen molar-refractivity contribution in [1.82, 2.24) is 20.3 Å². The van der Waals surface area contributed by atoms with Gasteiger partial charge in [0.25, 0.3) is 0 Å². The minimum absolute atomic E-state index is 0.0546. The molecule has 1 heterocycles. The quantitative estimate of drug-likeness (QED) is 0.284. The van der Waals surface area contributed by atoms with Crippen molar-refractivity contribution >= 4 is 17.8 Å². The highest BCUT2D eigenvalue weighted by molar-refractivity contribution is 5.78. The zero-order valence-corrected chi connectivity index (χ0v) is 22.2. The van der Waals surface area contributed by atoms with Gasteiger partial charge in [0.2, 0.25) is 17.8 Å². The smallest absolute Gasteiger partial charge is 0.416 e. The van der Waals surface area contributed by atoms with E-state index in [1.165, 1.54) is 31.4 Å². The summed E-state index contributed by atoms with van der Waals surface area (Å²) in [5.41, 5.74) is -1.32. The van der Waals surface area contributed by atoms with Gasteiger partial charge in [0.05, 0.1) is 18.2 Å². The molecule has 1 aromatic heterocycles. The Bertz CT molecular complexity index is 1360. The average Bonchev–Trinajstić information content (AvgIpc) is 2.95. The lowest BCUT2D eigenvalue weighted by Gasteiger charge is -2.28. The fourth-order valence-electron chi connectivity index (χ4n) is 4.60. The highest BCUT2D eigenvalue weighted by Crippen LogP contribution is 2.35. The van der Waals surface area contributed by atoms with Gasteiger partial charge in [-0.2, -0.15) is 41.3 Å². The average molecular weight is 583 g/mol. The highest BCUT2D eigenvalue weighted by Gasteiger charge is 2.34. The molecule has 1 aliphatic carbocycles. The Morgan fingerprint density at radius 2 is 1.56 bits per heavy atom. The topological polar surface area (TPSA) is 101 Å². The first-order valence-corrected chi connectivity index (χ1v) is 12.8. The van der Waals surface area contributed by atoms with E-state index in [0.717, 1.165) is 18.2 Å². The number of anilines is 2. The molecule has 3 N–H and O–H groups in total. The zero-order valence-electron chi connectivity index (χ0n) is 22.2. The maximum atomic E-state index is 13.5. The van der Waals surface area contributed by atoms with Crippen LogP contribution < -0.4 is 20.7 Å². The van der Waals surface area contributed by atoms with Crippen LogP contribution in [0.5, 0.6) is 5.75 Å². The second-order valence-electron chi connectivity index (χ2n) is 9.56. The molecule has 14 heteroatoms. The van der Waals surface area contributed by atoms with Gasteiger partial charge in [-0.1, -0.05) is 18.2 Å². The van der Waals surface area contributed by atoms with E-state index in [1.54, 1.807) is 7.05 Å². The summed E-state index contributed by atoms with van der Waals surface area (Å²) in [5, 5.41) is 8.64. The lowest BCUT2D eigenvalue weighted by atomic mass is 9.85. The third-order valence-corrected chi connectivity index (χ3v) is 6.84. The van der Waals surface area contributed by atoms with Crippen molar-refractivity contribution in [2.24, 2.45) is 5.92 Å². The first-order valence-electron chi connectivity index (χ1n) is 12.8. The van der Waals surface area contributed by atoms with Crippen molar-refractivity contribution < 1.29 is 35.9 Å². The molecule has 0 spiro atoms. The molecule has 8 nitrogen and oxygen atoms in total. The van der Waals surface area contributed by atoms with Crippen LogP contribution in [0.3, 0.4) is 0 Å². The van der Waals surface area contributed by atoms with Crippen LogP contribution in [0.2, 0.25) is 0 Å². The summed E-state index contributed by atoms with van der Waals surface area (Å²) >= 11 is 0. The van der Waals surface area contributed by atoms with E-state index in [4.69, 9.17) is 4.74 Å². The lowest BCUT2D eigenvalue weighted by Crippen LogP contribution is -2.36. The summed E-state index contributed by atoms with van der Waals surface area (Å²) in [5.74, 6) is 0.0212. The van der Waals surface area contributed by atoms with Gasteiger partial charge in [-0.25, -0.2) is 0 Å². The largest absolute Gasteiger partial charge is 0.497 e. The second-order valence-corrected chi connectivity index (χ2v) is 9.56. The molecule has 0 radical (unpaired) electrons. The summed E-state index contributed by atoms with van der Waals surface area (Å²) < 4.78 is 84.0. The minimum atomic E-state index is -4.59. The first kappa shape index (κ1) is 29.9. The molecule has 3 aromatic rings. The van der Waals surface area contributed by atoms with E-state index < -0.39 is 23.5 Å². The van der Waals surface area contributed by atoms with Crippen LogP contribution >= 0.6 is 0 Å². The van der Waals surface area contributed by atoms with E-state index in [1.807, 2.05) is 0 Å². The molecule has 1 amide bonds. The number of rotatable bonds is 8. The number of alkyl halides is 6. The molecule has 1 aliphatic rings. The number of aromatic nitrogens is 3. The molecule has 0 aliphatic heterocycles. The third-order valence-electron chi connectivity index (χ3n) is 6.84. The molecule has 220 valence electrons. The summed E-state index contributed by atoms with van der Waals surface area (Å²) in [6.07, 6.45) is -6.91. The van der Waals surface area contributed by atoms with Crippen molar-refractivity contribution in [3.63, 3.8) is 0 Å². The molecule has 4 rings (SSSR count). The Hall–Kier alpha value is -4.10. The number of nitrogens with zero attached hydrogens (tertiary/aromatic N) is 3. The van der Waals surface area contributed by atoms with Gasteiger partial charge in [-0.05, 0) is 55.5 Å². The number of ether oxygens (including phenoxy) is 1. The second kappa shape index (κ2) is 12.2. The molecule has 0 bridgehead atoms. The van der Waals surface area contributed by atoms with Gasteiger partial charge in [-0.3, -0.25) is 4.79 Å². The summed E-state index contributed by atoms with van der Waals surface area (Å²) in [6, 6.07) is 8.00. The van der Waals surface area contributed by atoms with Gasteiger partial charge in [-0.15, -0.1) is 0 Å². The van der Waals surface area contributed by atoms with E-state index in [0.29, 0.717) is 31.2 Å². The number of hydrogen-bond donors (Lipinski definition) is 3. The van der Waals surface area contributed by atoms with Crippen LogP contribution in [0.4, 0.5) is 38.2 Å². The van der Waals surface area contributed by atoms with E-state index >= 15 is 0 Å². The van der Waals surface area contributed by atoms with Crippen molar-refractivity contribution in [2.75, 3.05) is 24.8 Å². The number of carbonyl (C=O) groups is 1. The fraction of sp³-hybridized carbons (Fsp3) is 0.407. The first-order chi connectivity index (χ1) is 19.4.